The number of sulfonamides is 1. The van der Waals surface area contributed by atoms with Crippen LogP contribution in [0.3, 0.4) is 0 Å². The molecule has 1 N–H and O–H groups in total. The van der Waals surface area contributed by atoms with E-state index in [9.17, 15) is 12.8 Å². The first-order valence-electron chi connectivity index (χ1n) is 10.1. The zero-order valence-corrected chi connectivity index (χ0v) is 19.7. The highest BCUT2D eigenvalue weighted by Gasteiger charge is 2.19. The molecule has 34 heavy (non-hydrogen) atoms. The maximum Gasteiger partial charge on any atom is 0.262 e. The smallest absolute Gasteiger partial charge is 0.262 e. The van der Waals surface area contributed by atoms with Gasteiger partial charge in [-0.1, -0.05) is 5.92 Å². The van der Waals surface area contributed by atoms with Crippen molar-refractivity contribution in [2.24, 2.45) is 5.41 Å². The average Bonchev–Trinajstić information content (AvgIpc) is 3.19. The number of ether oxygens (including phenoxy) is 1. The largest absolute Gasteiger partial charge is 0.480 e. The Morgan fingerprint density at radius 1 is 1.06 bits per heavy atom. The predicted molar refractivity (Wildman–Crippen MR) is 124 cm³/mol. The van der Waals surface area contributed by atoms with E-state index in [1.165, 1.54) is 42.2 Å². The first kappa shape index (κ1) is 23.1. The molecule has 3 aromatic heterocycles. The van der Waals surface area contributed by atoms with Crippen LogP contribution in [0.25, 0.3) is 17.0 Å². The molecule has 0 unspecified atom stereocenters. The third-order valence-corrected chi connectivity index (χ3v) is 5.89. The second-order valence-electron chi connectivity index (χ2n) is 8.34. The topological polar surface area (TPSA) is 111 Å². The number of aromatic nitrogens is 5. The lowest BCUT2D eigenvalue weighted by molar-refractivity contribution is 0.400. The van der Waals surface area contributed by atoms with Gasteiger partial charge < -0.3 is 4.74 Å². The molecule has 0 spiro atoms. The maximum atomic E-state index is 13.2. The van der Waals surface area contributed by atoms with Gasteiger partial charge in [-0.25, -0.2) is 27.8 Å². The van der Waals surface area contributed by atoms with Crippen LogP contribution in [0.4, 0.5) is 10.1 Å². The summed E-state index contributed by atoms with van der Waals surface area (Å²) < 4.78 is 48.0. The number of nitrogens with zero attached hydrogens (tertiary/aromatic N) is 5. The first-order valence-corrected chi connectivity index (χ1v) is 11.6. The minimum atomic E-state index is -4.02. The summed E-state index contributed by atoms with van der Waals surface area (Å²) in [5.41, 5.74) is 1.35. The number of pyridine rings is 1. The number of halogens is 1. The fourth-order valence-corrected chi connectivity index (χ4v) is 3.94. The van der Waals surface area contributed by atoms with Crippen molar-refractivity contribution in [3.63, 3.8) is 0 Å². The molecule has 0 bridgehead atoms. The normalized spacial score (nSPS) is 11.7. The van der Waals surface area contributed by atoms with E-state index >= 15 is 0 Å². The van der Waals surface area contributed by atoms with Crippen LogP contribution in [0.1, 0.15) is 26.5 Å². The van der Waals surface area contributed by atoms with E-state index in [1.54, 1.807) is 6.20 Å². The Morgan fingerprint density at radius 3 is 2.44 bits per heavy atom. The van der Waals surface area contributed by atoms with E-state index < -0.39 is 15.8 Å². The molecule has 11 heteroatoms. The van der Waals surface area contributed by atoms with Gasteiger partial charge in [-0.2, -0.15) is 9.61 Å². The number of nitrogens with one attached hydrogen (secondary N) is 1. The summed E-state index contributed by atoms with van der Waals surface area (Å²) in [4.78, 5) is 12.6. The summed E-state index contributed by atoms with van der Waals surface area (Å²) in [6.07, 6.45) is 4.58. The Labute approximate surface area is 196 Å². The van der Waals surface area contributed by atoms with Gasteiger partial charge in [-0.05, 0) is 57.0 Å². The number of anilines is 1. The fourth-order valence-electron chi connectivity index (χ4n) is 2.89. The number of hydrogen-bond donors (Lipinski definition) is 1. The van der Waals surface area contributed by atoms with Crippen LogP contribution in [-0.4, -0.2) is 40.1 Å². The highest BCUT2D eigenvalue weighted by atomic mass is 32.2. The number of hydrogen-bond acceptors (Lipinski definition) is 7. The molecule has 0 fully saturated rings. The second kappa shape index (κ2) is 8.72. The Hall–Kier alpha value is -4.04. The van der Waals surface area contributed by atoms with E-state index in [2.05, 4.69) is 36.6 Å². The predicted octanol–water partition coefficient (Wildman–Crippen LogP) is 3.53. The van der Waals surface area contributed by atoms with E-state index in [0.29, 0.717) is 22.7 Å². The van der Waals surface area contributed by atoms with Crippen LogP contribution in [0.2, 0.25) is 0 Å². The van der Waals surface area contributed by atoms with Crippen LogP contribution in [0.5, 0.6) is 5.88 Å². The summed E-state index contributed by atoms with van der Waals surface area (Å²) in [6.45, 7) is 5.99. The summed E-state index contributed by atoms with van der Waals surface area (Å²) in [5.74, 6) is 6.09. The molecule has 0 atom stereocenters. The lowest BCUT2D eigenvalue weighted by atomic mass is 9.98. The van der Waals surface area contributed by atoms with Gasteiger partial charge in [0.05, 0.1) is 24.4 Å². The lowest BCUT2D eigenvalue weighted by Gasteiger charge is -2.12. The minimum Gasteiger partial charge on any atom is -0.480 e. The Morgan fingerprint density at radius 2 is 1.76 bits per heavy atom. The number of rotatable bonds is 5. The summed E-state index contributed by atoms with van der Waals surface area (Å²) >= 11 is 0. The third-order valence-electron chi connectivity index (χ3n) is 4.50. The molecule has 9 nitrogen and oxygen atoms in total. The molecule has 0 saturated carbocycles. The molecule has 4 rings (SSSR count). The van der Waals surface area contributed by atoms with E-state index in [0.717, 1.165) is 12.1 Å². The van der Waals surface area contributed by atoms with E-state index in [1.807, 2.05) is 20.8 Å². The van der Waals surface area contributed by atoms with E-state index in [4.69, 9.17) is 4.74 Å². The molecule has 0 aliphatic carbocycles. The highest BCUT2D eigenvalue weighted by Crippen LogP contribution is 2.29. The molecule has 4 aromatic rings. The van der Waals surface area contributed by atoms with Gasteiger partial charge in [0.1, 0.15) is 22.9 Å². The number of imidazole rings is 1. The van der Waals surface area contributed by atoms with Crippen LogP contribution in [-0.2, 0) is 10.0 Å². The van der Waals surface area contributed by atoms with Crippen molar-refractivity contribution in [1.29, 1.82) is 0 Å². The molecule has 1 aromatic carbocycles. The van der Waals surface area contributed by atoms with Crippen LogP contribution < -0.4 is 9.46 Å². The van der Waals surface area contributed by atoms with E-state index in [-0.39, 0.29) is 21.9 Å². The van der Waals surface area contributed by atoms with Crippen molar-refractivity contribution < 1.29 is 17.5 Å². The molecule has 0 amide bonds. The van der Waals surface area contributed by atoms with Gasteiger partial charge in [0.2, 0.25) is 5.88 Å². The van der Waals surface area contributed by atoms with Gasteiger partial charge in [0.15, 0.2) is 0 Å². The quantitative estimate of drug-likeness (QED) is 0.435. The summed E-state index contributed by atoms with van der Waals surface area (Å²) in [5, 5.41) is 4.56. The molecular formula is C23H21FN6O3S. The molecule has 0 aliphatic heterocycles. The van der Waals surface area contributed by atoms with Gasteiger partial charge in [-0.15, -0.1) is 0 Å². The zero-order valence-electron chi connectivity index (χ0n) is 18.9. The molecule has 174 valence electrons. The minimum absolute atomic E-state index is 0.0582. The molecule has 3 heterocycles. The third kappa shape index (κ3) is 4.97. The standard InChI is InChI=1S/C23H21FN6O3S/c1-23(2,3)10-9-17-13-26-22-27-14-20(28-30(17)22)15-11-19(21(33-4)25-12-15)29-34(31,32)18-7-5-16(24)6-8-18/h5-8,11-14,29H,1-4H3. The first-order chi connectivity index (χ1) is 16.1. The highest BCUT2D eigenvalue weighted by molar-refractivity contribution is 7.92. The fraction of sp³-hybridized carbons (Fsp3) is 0.217. The van der Waals surface area contributed by atoms with Crippen molar-refractivity contribution in [3.05, 3.63) is 60.4 Å². The molecular weight excluding hydrogens is 459 g/mol. The van der Waals surface area contributed by atoms with Gasteiger partial charge in [0, 0.05) is 17.2 Å². The Balaban J connectivity index is 1.74. The Kier molecular flexibility index (Phi) is 5.93. The monoisotopic (exact) mass is 480 g/mol. The van der Waals surface area contributed by atoms with Crippen molar-refractivity contribution in [2.75, 3.05) is 11.8 Å². The van der Waals surface area contributed by atoms with Crippen molar-refractivity contribution in [1.82, 2.24) is 24.6 Å². The summed E-state index contributed by atoms with van der Waals surface area (Å²) in [6, 6.07) is 5.99. The maximum absolute atomic E-state index is 13.2. The van der Waals surface area contributed by atoms with Gasteiger partial charge in [-0.3, -0.25) is 4.72 Å². The van der Waals surface area contributed by atoms with Crippen LogP contribution in [0, 0.1) is 23.1 Å². The number of benzene rings is 1. The van der Waals surface area contributed by atoms with Gasteiger partial charge in [0.25, 0.3) is 15.8 Å². The molecule has 0 saturated heterocycles. The van der Waals surface area contributed by atoms with Crippen molar-refractivity contribution in [3.8, 4) is 29.0 Å². The van der Waals surface area contributed by atoms with Crippen molar-refractivity contribution in [2.45, 2.75) is 25.7 Å². The molecule has 0 radical (unpaired) electrons. The SMILES string of the molecule is COc1ncc(-c2cnc3ncc(C#CC(C)(C)C)n3n2)cc1NS(=O)(=O)c1ccc(F)cc1. The lowest BCUT2D eigenvalue weighted by Crippen LogP contribution is -2.14. The van der Waals surface area contributed by atoms with Gasteiger partial charge >= 0.3 is 0 Å². The summed E-state index contributed by atoms with van der Waals surface area (Å²) in [7, 11) is -2.65. The molecule has 0 aliphatic rings. The van der Waals surface area contributed by atoms with Crippen LogP contribution in [0.15, 0.2) is 53.8 Å². The number of methoxy groups -OCH3 is 1. The second-order valence-corrected chi connectivity index (χ2v) is 10.0. The Bertz CT molecular complexity index is 1530. The van der Waals surface area contributed by atoms with Crippen LogP contribution >= 0.6 is 0 Å². The number of fused-ring (bicyclic) bond motifs is 1. The zero-order chi connectivity index (χ0) is 24.5. The average molecular weight is 481 g/mol. The van der Waals surface area contributed by atoms with Crippen molar-refractivity contribution >= 4 is 21.5 Å².